The Kier molecular flexibility index (Phi) is 3.81. The number of aryl methyl sites for hydroxylation is 1. The van der Waals surface area contributed by atoms with E-state index in [0.717, 1.165) is 22.0 Å². The Morgan fingerprint density at radius 2 is 2.14 bits per heavy atom. The van der Waals surface area contributed by atoms with Crippen LogP contribution >= 0.6 is 11.3 Å². The average molecular weight is 315 g/mol. The number of anilines is 1. The van der Waals surface area contributed by atoms with Crippen molar-refractivity contribution in [3.05, 3.63) is 46.9 Å². The summed E-state index contributed by atoms with van der Waals surface area (Å²) >= 11 is 1.55. The van der Waals surface area contributed by atoms with Gasteiger partial charge >= 0.3 is 0 Å². The molecule has 0 atom stereocenters. The Morgan fingerprint density at radius 3 is 2.86 bits per heavy atom. The number of carbonyl (C=O) groups excluding carboxylic acids is 1. The highest BCUT2D eigenvalue weighted by Gasteiger charge is 2.11. The van der Waals surface area contributed by atoms with Crippen molar-refractivity contribution in [2.45, 2.75) is 13.5 Å². The first kappa shape index (κ1) is 14.5. The molecule has 0 saturated heterocycles. The average Bonchev–Trinajstić information content (AvgIpc) is 3.10. The van der Waals surface area contributed by atoms with Crippen molar-refractivity contribution in [1.82, 2.24) is 19.7 Å². The van der Waals surface area contributed by atoms with Crippen LogP contribution in [0.15, 0.2) is 29.9 Å². The second-order valence-corrected chi connectivity index (χ2v) is 6.13. The summed E-state index contributed by atoms with van der Waals surface area (Å²) in [5, 5.41) is 5.72. The third kappa shape index (κ3) is 2.94. The molecular formula is C15H17N5OS. The summed E-state index contributed by atoms with van der Waals surface area (Å²) in [5.41, 5.74) is 3.14. The molecule has 114 valence electrons. The molecule has 7 heteroatoms. The van der Waals surface area contributed by atoms with Crippen LogP contribution in [0.25, 0.3) is 5.65 Å². The van der Waals surface area contributed by atoms with Gasteiger partial charge in [-0.1, -0.05) is 6.07 Å². The first-order valence-corrected chi connectivity index (χ1v) is 7.76. The molecule has 0 radical (unpaired) electrons. The number of carbonyl (C=O) groups is 1. The number of imidazole rings is 1. The van der Waals surface area contributed by atoms with E-state index in [1.807, 2.05) is 54.0 Å². The van der Waals surface area contributed by atoms with Crippen molar-refractivity contribution >= 4 is 28.0 Å². The van der Waals surface area contributed by atoms with Crippen molar-refractivity contribution in [1.29, 1.82) is 0 Å². The van der Waals surface area contributed by atoms with Crippen LogP contribution in [0.1, 0.15) is 21.7 Å². The van der Waals surface area contributed by atoms with E-state index in [4.69, 9.17) is 0 Å². The highest BCUT2D eigenvalue weighted by Crippen LogP contribution is 2.17. The molecule has 3 heterocycles. The predicted molar refractivity (Wildman–Crippen MR) is 87.5 cm³/mol. The smallest absolute Gasteiger partial charge is 0.271 e. The van der Waals surface area contributed by atoms with E-state index in [1.165, 1.54) is 0 Å². The third-order valence-electron chi connectivity index (χ3n) is 3.18. The Labute approximate surface area is 132 Å². The van der Waals surface area contributed by atoms with Gasteiger partial charge in [0.05, 0.1) is 12.2 Å². The van der Waals surface area contributed by atoms with Gasteiger partial charge in [0.1, 0.15) is 11.3 Å². The van der Waals surface area contributed by atoms with Crippen LogP contribution in [-0.4, -0.2) is 34.4 Å². The first-order chi connectivity index (χ1) is 10.5. The maximum Gasteiger partial charge on any atom is 0.271 e. The van der Waals surface area contributed by atoms with Gasteiger partial charge in [-0.3, -0.25) is 4.79 Å². The van der Waals surface area contributed by atoms with Gasteiger partial charge in [-0.25, -0.2) is 9.97 Å². The lowest BCUT2D eigenvalue weighted by Gasteiger charge is -2.05. The zero-order chi connectivity index (χ0) is 15.7. The molecule has 0 aliphatic carbocycles. The zero-order valence-electron chi connectivity index (χ0n) is 12.7. The largest absolute Gasteiger partial charge is 0.354 e. The molecular weight excluding hydrogens is 298 g/mol. The summed E-state index contributed by atoms with van der Waals surface area (Å²) in [7, 11) is 3.89. The summed E-state index contributed by atoms with van der Waals surface area (Å²) in [6.07, 6.45) is 3.69. The Bertz CT molecular complexity index is 820. The van der Waals surface area contributed by atoms with Crippen LogP contribution in [-0.2, 0) is 6.54 Å². The quantitative estimate of drug-likeness (QED) is 0.801. The van der Waals surface area contributed by atoms with Crippen LogP contribution in [0.5, 0.6) is 0 Å². The molecule has 3 rings (SSSR count). The van der Waals surface area contributed by atoms with Crippen LogP contribution < -0.4 is 10.2 Å². The number of aromatic nitrogens is 3. The molecule has 0 aliphatic rings. The van der Waals surface area contributed by atoms with Crippen molar-refractivity contribution in [3.8, 4) is 0 Å². The summed E-state index contributed by atoms with van der Waals surface area (Å²) in [6.45, 7) is 2.40. The molecule has 0 aliphatic heterocycles. The lowest BCUT2D eigenvalue weighted by atomic mass is 10.3. The molecule has 0 spiro atoms. The lowest BCUT2D eigenvalue weighted by Crippen LogP contribution is -2.23. The van der Waals surface area contributed by atoms with Gasteiger partial charge in [0.15, 0.2) is 5.13 Å². The lowest BCUT2D eigenvalue weighted by molar-refractivity contribution is 0.0946. The Hall–Kier alpha value is -2.41. The maximum atomic E-state index is 12.2. The van der Waals surface area contributed by atoms with Crippen LogP contribution in [0, 0.1) is 6.92 Å². The van der Waals surface area contributed by atoms with Crippen LogP contribution in [0.3, 0.4) is 0 Å². The van der Waals surface area contributed by atoms with Crippen molar-refractivity contribution in [3.63, 3.8) is 0 Å². The molecule has 3 aromatic heterocycles. The molecule has 0 fully saturated rings. The third-order valence-corrected chi connectivity index (χ3v) is 4.24. The summed E-state index contributed by atoms with van der Waals surface area (Å²) in [5.74, 6) is -0.194. The van der Waals surface area contributed by atoms with Crippen LogP contribution in [0.4, 0.5) is 5.13 Å². The fraction of sp³-hybridized carbons (Fsp3) is 0.267. The number of hydrogen-bond donors (Lipinski definition) is 1. The first-order valence-electron chi connectivity index (χ1n) is 6.88. The molecule has 1 amide bonds. The number of thiazole rings is 1. The molecule has 0 aromatic carbocycles. The van der Waals surface area contributed by atoms with Gasteiger partial charge < -0.3 is 14.6 Å². The van der Waals surface area contributed by atoms with Gasteiger partial charge in [0.25, 0.3) is 5.91 Å². The number of nitrogens with zero attached hydrogens (tertiary/aromatic N) is 4. The minimum atomic E-state index is -0.194. The fourth-order valence-electron chi connectivity index (χ4n) is 2.06. The Balaban J connectivity index is 1.70. The second-order valence-electron chi connectivity index (χ2n) is 5.30. The highest BCUT2D eigenvalue weighted by molar-refractivity contribution is 7.13. The van der Waals surface area contributed by atoms with E-state index < -0.39 is 0 Å². The summed E-state index contributed by atoms with van der Waals surface area (Å²) in [4.78, 5) is 22.9. The molecule has 22 heavy (non-hydrogen) atoms. The maximum absolute atomic E-state index is 12.2. The zero-order valence-corrected chi connectivity index (χ0v) is 13.5. The Morgan fingerprint density at radius 1 is 1.32 bits per heavy atom. The van der Waals surface area contributed by atoms with E-state index in [2.05, 4.69) is 15.3 Å². The van der Waals surface area contributed by atoms with Crippen molar-refractivity contribution in [2.75, 3.05) is 19.0 Å². The number of fused-ring (bicyclic) bond motifs is 1. The van der Waals surface area contributed by atoms with Crippen LogP contribution in [0.2, 0.25) is 0 Å². The fourth-order valence-corrected chi connectivity index (χ4v) is 2.81. The SMILES string of the molecule is Cc1ccc2nc(C(=O)NCc3csc(N(C)C)n3)cn2c1. The number of pyridine rings is 1. The standard InChI is InChI=1S/C15H17N5OS/c1-10-4-5-13-18-12(8-20(13)7-10)14(21)16-6-11-9-22-15(17-11)19(2)3/h4-5,7-9H,6H2,1-3H3,(H,16,21). The van der Waals surface area contributed by atoms with E-state index in [9.17, 15) is 4.79 Å². The number of rotatable bonds is 4. The molecule has 3 aromatic rings. The van der Waals surface area contributed by atoms with Crippen molar-refractivity contribution < 1.29 is 4.79 Å². The molecule has 0 unspecified atom stereocenters. The van der Waals surface area contributed by atoms with Gasteiger partial charge in [0.2, 0.25) is 0 Å². The highest BCUT2D eigenvalue weighted by atomic mass is 32.1. The number of hydrogen-bond acceptors (Lipinski definition) is 5. The molecule has 0 bridgehead atoms. The van der Waals surface area contributed by atoms with Crippen molar-refractivity contribution in [2.24, 2.45) is 0 Å². The summed E-state index contributed by atoms with van der Waals surface area (Å²) < 4.78 is 1.86. The topological polar surface area (TPSA) is 62.5 Å². The van der Waals surface area contributed by atoms with Gasteiger partial charge in [-0.15, -0.1) is 11.3 Å². The van der Waals surface area contributed by atoms with E-state index >= 15 is 0 Å². The van der Waals surface area contributed by atoms with Gasteiger partial charge in [-0.2, -0.15) is 0 Å². The second kappa shape index (κ2) is 5.76. The number of nitrogens with one attached hydrogen (secondary N) is 1. The van der Waals surface area contributed by atoms with Gasteiger partial charge in [0, 0.05) is 31.9 Å². The normalized spacial score (nSPS) is 10.9. The van der Waals surface area contributed by atoms with E-state index in [1.54, 1.807) is 17.5 Å². The van der Waals surface area contributed by atoms with E-state index in [0.29, 0.717) is 12.2 Å². The molecule has 1 N–H and O–H groups in total. The van der Waals surface area contributed by atoms with E-state index in [-0.39, 0.29) is 5.91 Å². The minimum absolute atomic E-state index is 0.194. The van der Waals surface area contributed by atoms with Gasteiger partial charge in [-0.05, 0) is 18.6 Å². The molecule has 0 saturated carbocycles. The number of amides is 1. The predicted octanol–water partition coefficient (Wildman–Crippen LogP) is 2.10. The minimum Gasteiger partial charge on any atom is -0.354 e. The summed E-state index contributed by atoms with van der Waals surface area (Å²) in [6, 6.07) is 3.87. The monoisotopic (exact) mass is 315 g/mol. The molecule has 6 nitrogen and oxygen atoms in total.